The maximum absolute atomic E-state index is 14.0. The van der Waals surface area contributed by atoms with E-state index in [1.807, 2.05) is 36.2 Å². The standard InChI is InChI=1S/C19H27F2N3O/c1-4-14-5-7-15(8-6-14)18(25)23(3)12-16-9-19(20,21)13-24(16)17-10-22(2)11-17/h5-8,16-17H,4,9-13H2,1-3H3/t16-/m0/s1. The number of carbonyl (C=O) groups is 1. The van der Waals surface area contributed by atoms with Gasteiger partial charge >= 0.3 is 0 Å². The third-order valence-corrected chi connectivity index (χ3v) is 5.37. The van der Waals surface area contributed by atoms with Crippen molar-refractivity contribution < 1.29 is 13.6 Å². The van der Waals surface area contributed by atoms with Gasteiger partial charge in [-0.2, -0.15) is 0 Å². The van der Waals surface area contributed by atoms with Crippen LogP contribution in [0.2, 0.25) is 0 Å². The lowest BCUT2D eigenvalue weighted by Gasteiger charge is -2.44. The molecule has 138 valence electrons. The van der Waals surface area contributed by atoms with E-state index in [0.29, 0.717) is 12.1 Å². The van der Waals surface area contributed by atoms with Gasteiger partial charge in [-0.15, -0.1) is 0 Å². The Labute approximate surface area is 148 Å². The molecule has 2 saturated heterocycles. The highest BCUT2D eigenvalue weighted by molar-refractivity contribution is 5.94. The van der Waals surface area contributed by atoms with Crippen LogP contribution in [-0.4, -0.2) is 78.9 Å². The molecule has 1 atom stereocenters. The van der Waals surface area contributed by atoms with E-state index in [2.05, 4.69) is 11.8 Å². The van der Waals surface area contributed by atoms with Gasteiger partial charge in [0.25, 0.3) is 11.8 Å². The van der Waals surface area contributed by atoms with Crippen LogP contribution in [0.5, 0.6) is 0 Å². The zero-order valence-corrected chi connectivity index (χ0v) is 15.2. The van der Waals surface area contributed by atoms with E-state index in [4.69, 9.17) is 0 Å². The van der Waals surface area contributed by atoms with Crippen molar-refractivity contribution in [3.8, 4) is 0 Å². The molecule has 1 aromatic rings. The highest BCUT2D eigenvalue weighted by Crippen LogP contribution is 2.35. The van der Waals surface area contributed by atoms with E-state index in [1.54, 1.807) is 11.9 Å². The first-order valence-electron chi connectivity index (χ1n) is 8.95. The van der Waals surface area contributed by atoms with E-state index in [-0.39, 0.29) is 31.0 Å². The van der Waals surface area contributed by atoms with Gasteiger partial charge in [0.2, 0.25) is 0 Å². The highest BCUT2D eigenvalue weighted by Gasteiger charge is 2.49. The van der Waals surface area contributed by atoms with Gasteiger partial charge in [0.1, 0.15) is 0 Å². The number of alkyl halides is 2. The number of amides is 1. The van der Waals surface area contributed by atoms with Crippen LogP contribution in [-0.2, 0) is 6.42 Å². The largest absolute Gasteiger partial charge is 0.340 e. The molecule has 25 heavy (non-hydrogen) atoms. The second-order valence-corrected chi connectivity index (χ2v) is 7.50. The summed E-state index contributed by atoms with van der Waals surface area (Å²) < 4.78 is 27.9. The van der Waals surface area contributed by atoms with Crippen LogP contribution < -0.4 is 0 Å². The Morgan fingerprint density at radius 3 is 2.48 bits per heavy atom. The number of rotatable bonds is 5. The summed E-state index contributed by atoms with van der Waals surface area (Å²) in [6.45, 7) is 3.86. The van der Waals surface area contributed by atoms with E-state index in [9.17, 15) is 13.6 Å². The number of likely N-dealkylation sites (tertiary alicyclic amines) is 2. The molecule has 2 fully saturated rings. The first kappa shape index (κ1) is 18.3. The molecular formula is C19H27F2N3O. The lowest BCUT2D eigenvalue weighted by atomic mass is 10.1. The quantitative estimate of drug-likeness (QED) is 0.815. The van der Waals surface area contributed by atoms with Gasteiger partial charge in [0.15, 0.2) is 0 Å². The van der Waals surface area contributed by atoms with Crippen molar-refractivity contribution in [2.45, 2.75) is 37.8 Å². The Morgan fingerprint density at radius 2 is 1.92 bits per heavy atom. The molecule has 0 saturated carbocycles. The Balaban J connectivity index is 1.65. The molecule has 1 amide bonds. The first-order valence-corrected chi connectivity index (χ1v) is 8.95. The summed E-state index contributed by atoms with van der Waals surface area (Å²) in [5.74, 6) is -2.77. The number of nitrogens with zero attached hydrogens (tertiary/aromatic N) is 3. The molecule has 1 aromatic carbocycles. The molecule has 3 rings (SSSR count). The van der Waals surface area contributed by atoms with E-state index >= 15 is 0 Å². The molecule has 6 heteroatoms. The minimum atomic E-state index is -2.66. The van der Waals surface area contributed by atoms with Crippen molar-refractivity contribution in [2.75, 3.05) is 40.3 Å². The molecule has 2 aliphatic heterocycles. The number of hydrogen-bond acceptors (Lipinski definition) is 3. The van der Waals surface area contributed by atoms with Crippen molar-refractivity contribution in [3.05, 3.63) is 35.4 Å². The normalized spacial score (nSPS) is 24.3. The molecule has 0 N–H and O–H groups in total. The SMILES string of the molecule is CCc1ccc(C(=O)N(C)C[C@@H]2CC(F)(F)CN2C2CN(C)C2)cc1. The third kappa shape index (κ3) is 4.01. The van der Waals surface area contributed by atoms with Crippen molar-refractivity contribution >= 4 is 5.91 Å². The maximum Gasteiger partial charge on any atom is 0.262 e. The zero-order valence-electron chi connectivity index (χ0n) is 15.2. The summed E-state index contributed by atoms with van der Waals surface area (Å²) in [5, 5.41) is 0. The lowest BCUT2D eigenvalue weighted by molar-refractivity contribution is -0.00983. The fourth-order valence-electron chi connectivity index (χ4n) is 3.90. The number of hydrogen-bond donors (Lipinski definition) is 0. The van der Waals surface area contributed by atoms with E-state index in [0.717, 1.165) is 19.5 Å². The second-order valence-electron chi connectivity index (χ2n) is 7.50. The van der Waals surface area contributed by atoms with Crippen molar-refractivity contribution in [3.63, 3.8) is 0 Å². The molecule has 0 aromatic heterocycles. The molecular weight excluding hydrogens is 324 g/mol. The van der Waals surface area contributed by atoms with Crippen LogP contribution in [0.15, 0.2) is 24.3 Å². The van der Waals surface area contributed by atoms with Gasteiger partial charge in [-0.05, 0) is 31.2 Å². The van der Waals surface area contributed by atoms with Crippen LogP contribution in [0.1, 0.15) is 29.3 Å². The summed E-state index contributed by atoms with van der Waals surface area (Å²) in [4.78, 5) is 18.2. The molecule has 0 unspecified atom stereocenters. The zero-order chi connectivity index (χ0) is 18.2. The third-order valence-electron chi connectivity index (χ3n) is 5.37. The van der Waals surface area contributed by atoms with Crippen LogP contribution in [0, 0.1) is 0 Å². The fraction of sp³-hybridized carbons (Fsp3) is 0.632. The van der Waals surface area contributed by atoms with E-state index in [1.165, 1.54) is 5.56 Å². The topological polar surface area (TPSA) is 26.8 Å². The monoisotopic (exact) mass is 351 g/mol. The number of halogens is 2. The van der Waals surface area contributed by atoms with Gasteiger partial charge in [0, 0.05) is 50.7 Å². The van der Waals surface area contributed by atoms with Gasteiger partial charge in [0.05, 0.1) is 6.54 Å². The average Bonchev–Trinajstić information content (AvgIpc) is 2.85. The van der Waals surface area contributed by atoms with Gasteiger partial charge in [-0.25, -0.2) is 8.78 Å². The molecule has 2 heterocycles. The van der Waals surface area contributed by atoms with Crippen molar-refractivity contribution in [2.24, 2.45) is 0 Å². The minimum Gasteiger partial charge on any atom is -0.340 e. The Morgan fingerprint density at radius 1 is 1.28 bits per heavy atom. The molecule has 0 aliphatic carbocycles. The molecule has 0 radical (unpaired) electrons. The summed E-state index contributed by atoms with van der Waals surface area (Å²) >= 11 is 0. The van der Waals surface area contributed by atoms with Gasteiger partial charge in [-0.3, -0.25) is 9.69 Å². The smallest absolute Gasteiger partial charge is 0.262 e. The number of aryl methyl sites for hydroxylation is 1. The van der Waals surface area contributed by atoms with Crippen LogP contribution in [0.4, 0.5) is 8.78 Å². The average molecular weight is 351 g/mol. The van der Waals surface area contributed by atoms with Gasteiger partial charge in [-0.1, -0.05) is 19.1 Å². The minimum absolute atomic E-state index is 0.108. The fourth-order valence-corrected chi connectivity index (χ4v) is 3.90. The predicted octanol–water partition coefficient (Wildman–Crippen LogP) is 2.34. The molecule has 4 nitrogen and oxygen atoms in total. The van der Waals surface area contributed by atoms with Crippen molar-refractivity contribution in [1.82, 2.24) is 14.7 Å². The Hall–Kier alpha value is -1.53. The molecule has 0 bridgehead atoms. The maximum atomic E-state index is 14.0. The van der Waals surface area contributed by atoms with Crippen LogP contribution >= 0.6 is 0 Å². The highest BCUT2D eigenvalue weighted by atomic mass is 19.3. The van der Waals surface area contributed by atoms with Gasteiger partial charge < -0.3 is 9.80 Å². The summed E-state index contributed by atoms with van der Waals surface area (Å²) in [7, 11) is 3.70. The first-order chi connectivity index (χ1) is 11.8. The lowest BCUT2D eigenvalue weighted by Crippen LogP contribution is -2.60. The van der Waals surface area contributed by atoms with Crippen molar-refractivity contribution in [1.29, 1.82) is 0 Å². The second kappa shape index (κ2) is 7.00. The van der Waals surface area contributed by atoms with Crippen LogP contribution in [0.3, 0.4) is 0 Å². The number of likely N-dealkylation sites (N-methyl/N-ethyl adjacent to an activating group) is 2. The number of carbonyl (C=O) groups excluding carboxylic acids is 1. The predicted molar refractivity (Wildman–Crippen MR) is 94.1 cm³/mol. The summed E-state index contributed by atoms with van der Waals surface area (Å²) in [5.41, 5.74) is 1.79. The molecule has 2 aliphatic rings. The summed E-state index contributed by atoms with van der Waals surface area (Å²) in [6, 6.07) is 7.43. The van der Waals surface area contributed by atoms with E-state index < -0.39 is 5.92 Å². The molecule has 0 spiro atoms. The van der Waals surface area contributed by atoms with Crippen LogP contribution in [0.25, 0.3) is 0 Å². The Bertz CT molecular complexity index is 614. The summed E-state index contributed by atoms with van der Waals surface area (Å²) in [6.07, 6.45) is 0.756. The number of benzene rings is 1. The Kier molecular flexibility index (Phi) is 5.11.